The highest BCUT2D eigenvalue weighted by Crippen LogP contribution is 2.15. The van der Waals surface area contributed by atoms with E-state index in [1.807, 2.05) is 0 Å². The van der Waals surface area contributed by atoms with Crippen LogP contribution in [0.1, 0.15) is 45.4 Å². The van der Waals surface area contributed by atoms with E-state index in [0.717, 1.165) is 6.42 Å². The van der Waals surface area contributed by atoms with Gasteiger partial charge >= 0.3 is 0 Å². The van der Waals surface area contributed by atoms with Gasteiger partial charge in [0.2, 0.25) is 0 Å². The maximum Gasteiger partial charge on any atom is 0.163 e. The van der Waals surface area contributed by atoms with Gasteiger partial charge in [-0.05, 0) is 12.8 Å². The molecule has 0 aromatic heterocycles. The predicted octanol–water partition coefficient (Wildman–Crippen LogP) is 2.68. The summed E-state index contributed by atoms with van der Waals surface area (Å²) >= 11 is 0. The zero-order chi connectivity index (χ0) is 7.94. The molecule has 2 heteroatoms. The molecule has 1 saturated heterocycles. The first-order valence-corrected chi connectivity index (χ1v) is 4.66. The van der Waals surface area contributed by atoms with Crippen LogP contribution in [0.2, 0.25) is 0 Å². The Morgan fingerprint density at radius 2 is 1.82 bits per heavy atom. The van der Waals surface area contributed by atoms with Gasteiger partial charge in [0.1, 0.15) is 0 Å². The molecule has 0 bridgehead atoms. The number of unbranched alkanes of at least 4 members (excludes halogenated alkanes) is 4. The summed E-state index contributed by atoms with van der Waals surface area (Å²) in [6, 6.07) is 0. The fourth-order valence-electron chi connectivity index (χ4n) is 1.25. The SMILES string of the molecule is CCCCCCCC1OCO1. The van der Waals surface area contributed by atoms with Gasteiger partial charge < -0.3 is 9.47 Å². The molecule has 0 atom stereocenters. The van der Waals surface area contributed by atoms with E-state index in [0.29, 0.717) is 6.79 Å². The van der Waals surface area contributed by atoms with Crippen molar-refractivity contribution in [2.45, 2.75) is 51.7 Å². The minimum Gasteiger partial charge on any atom is -0.326 e. The summed E-state index contributed by atoms with van der Waals surface area (Å²) in [5.74, 6) is 0. The van der Waals surface area contributed by atoms with Gasteiger partial charge in [0.25, 0.3) is 0 Å². The van der Waals surface area contributed by atoms with Gasteiger partial charge in [0.05, 0.1) is 0 Å². The molecule has 0 amide bonds. The van der Waals surface area contributed by atoms with E-state index < -0.39 is 0 Å². The van der Waals surface area contributed by atoms with Gasteiger partial charge in [0, 0.05) is 0 Å². The lowest BCUT2D eigenvalue weighted by molar-refractivity contribution is -0.322. The Hall–Kier alpha value is -0.0800. The fraction of sp³-hybridized carbons (Fsp3) is 1.00. The van der Waals surface area contributed by atoms with Crippen LogP contribution in [0.4, 0.5) is 0 Å². The Bertz CT molecular complexity index is 89.6. The lowest BCUT2D eigenvalue weighted by Crippen LogP contribution is -2.30. The highest BCUT2D eigenvalue weighted by molar-refractivity contribution is 4.50. The van der Waals surface area contributed by atoms with Crippen LogP contribution in [-0.2, 0) is 9.47 Å². The molecule has 0 radical (unpaired) electrons. The Balaban J connectivity index is 1.73. The van der Waals surface area contributed by atoms with Gasteiger partial charge in [-0.2, -0.15) is 0 Å². The Morgan fingerprint density at radius 3 is 2.36 bits per heavy atom. The van der Waals surface area contributed by atoms with E-state index in [1.54, 1.807) is 0 Å². The van der Waals surface area contributed by atoms with Crippen LogP contribution >= 0.6 is 0 Å². The Morgan fingerprint density at radius 1 is 1.09 bits per heavy atom. The molecule has 0 saturated carbocycles. The molecule has 1 fully saturated rings. The van der Waals surface area contributed by atoms with E-state index in [9.17, 15) is 0 Å². The molecule has 1 aliphatic heterocycles. The molecular formula is C9H18O2. The molecular weight excluding hydrogens is 140 g/mol. The van der Waals surface area contributed by atoms with E-state index in [2.05, 4.69) is 6.92 Å². The van der Waals surface area contributed by atoms with Gasteiger partial charge in [-0.1, -0.05) is 32.6 Å². The van der Waals surface area contributed by atoms with Crippen molar-refractivity contribution < 1.29 is 9.47 Å². The van der Waals surface area contributed by atoms with Gasteiger partial charge in [-0.15, -0.1) is 0 Å². The molecule has 11 heavy (non-hydrogen) atoms. The molecule has 0 unspecified atom stereocenters. The average molecular weight is 158 g/mol. The predicted molar refractivity (Wildman–Crippen MR) is 44.2 cm³/mol. The summed E-state index contributed by atoms with van der Waals surface area (Å²) in [6.07, 6.45) is 7.86. The number of rotatable bonds is 6. The first kappa shape index (κ1) is 9.01. The second-order valence-corrected chi connectivity index (χ2v) is 3.08. The minimum atomic E-state index is 0.136. The van der Waals surface area contributed by atoms with Gasteiger partial charge in [-0.3, -0.25) is 0 Å². The van der Waals surface area contributed by atoms with Gasteiger partial charge in [-0.25, -0.2) is 0 Å². The van der Waals surface area contributed by atoms with Crippen LogP contribution in [0.3, 0.4) is 0 Å². The summed E-state index contributed by atoms with van der Waals surface area (Å²) in [6.45, 7) is 2.75. The van der Waals surface area contributed by atoms with Crippen molar-refractivity contribution in [3.05, 3.63) is 0 Å². The van der Waals surface area contributed by atoms with Gasteiger partial charge in [0.15, 0.2) is 13.1 Å². The van der Waals surface area contributed by atoms with Crippen LogP contribution in [0.15, 0.2) is 0 Å². The van der Waals surface area contributed by atoms with Crippen LogP contribution in [0, 0.1) is 0 Å². The highest BCUT2D eigenvalue weighted by Gasteiger charge is 2.16. The van der Waals surface area contributed by atoms with Crippen molar-refractivity contribution >= 4 is 0 Å². The smallest absolute Gasteiger partial charge is 0.163 e. The van der Waals surface area contributed by atoms with Crippen LogP contribution in [0.25, 0.3) is 0 Å². The van der Waals surface area contributed by atoms with E-state index >= 15 is 0 Å². The summed E-state index contributed by atoms with van der Waals surface area (Å²) < 4.78 is 10.2. The number of ether oxygens (including phenoxy) is 2. The molecule has 0 aliphatic carbocycles. The number of hydrogen-bond acceptors (Lipinski definition) is 2. The van der Waals surface area contributed by atoms with Crippen molar-refractivity contribution in [3.8, 4) is 0 Å². The number of hydrogen-bond donors (Lipinski definition) is 0. The summed E-state index contributed by atoms with van der Waals surface area (Å²) in [5.41, 5.74) is 0. The molecule has 2 nitrogen and oxygen atoms in total. The minimum absolute atomic E-state index is 0.136. The van der Waals surface area contributed by atoms with Crippen LogP contribution in [0.5, 0.6) is 0 Å². The first-order valence-electron chi connectivity index (χ1n) is 4.66. The zero-order valence-electron chi connectivity index (χ0n) is 7.34. The normalized spacial score (nSPS) is 18.3. The maximum absolute atomic E-state index is 5.12. The lowest BCUT2D eigenvalue weighted by atomic mass is 10.1. The lowest BCUT2D eigenvalue weighted by Gasteiger charge is -2.26. The second-order valence-electron chi connectivity index (χ2n) is 3.08. The topological polar surface area (TPSA) is 18.5 Å². The summed E-state index contributed by atoms with van der Waals surface area (Å²) in [5, 5.41) is 0. The van der Waals surface area contributed by atoms with Crippen molar-refractivity contribution in [2.75, 3.05) is 6.79 Å². The van der Waals surface area contributed by atoms with Crippen molar-refractivity contribution in [1.29, 1.82) is 0 Å². The van der Waals surface area contributed by atoms with E-state index in [1.165, 1.54) is 32.1 Å². The molecule has 0 spiro atoms. The van der Waals surface area contributed by atoms with Crippen molar-refractivity contribution in [3.63, 3.8) is 0 Å². The van der Waals surface area contributed by atoms with Crippen LogP contribution < -0.4 is 0 Å². The third-order valence-corrected chi connectivity index (χ3v) is 2.05. The highest BCUT2D eigenvalue weighted by atomic mass is 16.8. The monoisotopic (exact) mass is 158 g/mol. The summed E-state index contributed by atoms with van der Waals surface area (Å²) in [7, 11) is 0. The first-order chi connectivity index (χ1) is 5.43. The zero-order valence-corrected chi connectivity index (χ0v) is 7.34. The van der Waals surface area contributed by atoms with E-state index in [-0.39, 0.29) is 6.29 Å². The fourth-order valence-corrected chi connectivity index (χ4v) is 1.25. The largest absolute Gasteiger partial charge is 0.326 e. The van der Waals surface area contributed by atoms with Crippen molar-refractivity contribution in [1.82, 2.24) is 0 Å². The molecule has 0 aromatic rings. The van der Waals surface area contributed by atoms with Crippen molar-refractivity contribution in [2.24, 2.45) is 0 Å². The molecule has 66 valence electrons. The molecule has 1 heterocycles. The molecule has 1 rings (SSSR count). The third kappa shape index (κ3) is 3.73. The third-order valence-electron chi connectivity index (χ3n) is 2.05. The maximum atomic E-state index is 5.12. The molecule has 0 aromatic carbocycles. The Labute approximate surface area is 68.9 Å². The van der Waals surface area contributed by atoms with E-state index in [4.69, 9.17) is 9.47 Å². The molecule has 1 aliphatic rings. The summed E-state index contributed by atoms with van der Waals surface area (Å²) in [4.78, 5) is 0. The Kier molecular flexibility index (Phi) is 4.55. The average Bonchev–Trinajstić information content (AvgIpc) is 1.93. The quantitative estimate of drug-likeness (QED) is 0.553. The standard InChI is InChI=1S/C9H18O2/c1-2-3-4-5-6-7-9-10-8-11-9/h9H,2-8H2,1H3. The van der Waals surface area contributed by atoms with Crippen LogP contribution in [-0.4, -0.2) is 13.1 Å². The molecule has 0 N–H and O–H groups in total. The second kappa shape index (κ2) is 5.56.